The van der Waals surface area contributed by atoms with Crippen molar-refractivity contribution in [3.8, 4) is 0 Å². The molecular formula is C18H14Cl2O3. The molecule has 1 atom stereocenters. The Morgan fingerprint density at radius 2 is 1.35 bits per heavy atom. The van der Waals surface area contributed by atoms with Gasteiger partial charge in [-0.05, 0) is 35.4 Å². The zero-order valence-electron chi connectivity index (χ0n) is 12.2. The standard InChI is InChI=1S/C18H14Cl2O3/c19-14-5-1-12(2-6-14)18(13-3-7-15(20)8-4-13)11-17(23-18)10-9-16(21)22-17/h1-8H,9-11H2. The van der Waals surface area contributed by atoms with Crippen LogP contribution in [0.15, 0.2) is 48.5 Å². The highest BCUT2D eigenvalue weighted by molar-refractivity contribution is 6.30. The third-order valence-corrected chi connectivity index (χ3v) is 5.01. The molecule has 0 aliphatic carbocycles. The van der Waals surface area contributed by atoms with Crippen LogP contribution in [-0.4, -0.2) is 11.8 Å². The summed E-state index contributed by atoms with van der Waals surface area (Å²) in [4.78, 5) is 11.5. The summed E-state index contributed by atoms with van der Waals surface area (Å²) in [5.74, 6) is -0.998. The highest BCUT2D eigenvalue weighted by Gasteiger charge is 2.62. The zero-order chi connectivity index (χ0) is 16.1. The quantitative estimate of drug-likeness (QED) is 0.738. The minimum atomic E-state index is -0.795. The van der Waals surface area contributed by atoms with Gasteiger partial charge in [0.15, 0.2) is 0 Å². The first-order valence-corrected chi connectivity index (χ1v) is 8.21. The lowest BCUT2D eigenvalue weighted by Gasteiger charge is -2.53. The van der Waals surface area contributed by atoms with Gasteiger partial charge in [-0.3, -0.25) is 4.79 Å². The monoisotopic (exact) mass is 348 g/mol. The lowest BCUT2D eigenvalue weighted by atomic mass is 9.75. The van der Waals surface area contributed by atoms with E-state index >= 15 is 0 Å². The highest BCUT2D eigenvalue weighted by atomic mass is 35.5. The van der Waals surface area contributed by atoms with Crippen LogP contribution in [0.5, 0.6) is 0 Å². The van der Waals surface area contributed by atoms with Gasteiger partial charge in [0.1, 0.15) is 5.60 Å². The van der Waals surface area contributed by atoms with E-state index in [9.17, 15) is 4.79 Å². The first kappa shape index (κ1) is 15.0. The summed E-state index contributed by atoms with van der Waals surface area (Å²) < 4.78 is 11.7. The van der Waals surface area contributed by atoms with Gasteiger partial charge in [0, 0.05) is 16.5 Å². The van der Waals surface area contributed by atoms with Crippen molar-refractivity contribution < 1.29 is 14.3 Å². The van der Waals surface area contributed by atoms with Crippen molar-refractivity contribution in [3.05, 3.63) is 69.7 Å². The Labute approximate surface area is 144 Å². The van der Waals surface area contributed by atoms with Crippen molar-refractivity contribution in [3.63, 3.8) is 0 Å². The van der Waals surface area contributed by atoms with Crippen LogP contribution in [0, 0.1) is 0 Å². The first-order chi connectivity index (χ1) is 11.0. The SMILES string of the molecule is O=C1CCC2(CC(c3ccc(Cl)cc3)(c3ccc(Cl)cc3)O2)O1. The molecule has 1 unspecified atom stereocenters. The molecule has 2 aliphatic heterocycles. The Morgan fingerprint density at radius 1 is 0.870 bits per heavy atom. The molecule has 3 nitrogen and oxygen atoms in total. The molecule has 1 spiro atoms. The zero-order valence-corrected chi connectivity index (χ0v) is 13.7. The van der Waals surface area contributed by atoms with E-state index in [2.05, 4.69) is 0 Å². The molecule has 2 saturated heterocycles. The molecule has 0 radical (unpaired) electrons. The molecule has 118 valence electrons. The van der Waals surface area contributed by atoms with Crippen molar-refractivity contribution in [1.29, 1.82) is 0 Å². The molecule has 5 heteroatoms. The highest BCUT2D eigenvalue weighted by Crippen LogP contribution is 2.57. The number of benzene rings is 2. The average molecular weight is 349 g/mol. The number of rotatable bonds is 2. The van der Waals surface area contributed by atoms with E-state index in [0.717, 1.165) is 11.1 Å². The summed E-state index contributed by atoms with van der Waals surface area (Å²) in [5, 5.41) is 1.34. The van der Waals surface area contributed by atoms with Crippen LogP contribution >= 0.6 is 23.2 Å². The summed E-state index contributed by atoms with van der Waals surface area (Å²) in [6, 6.07) is 15.1. The van der Waals surface area contributed by atoms with Crippen LogP contribution in [0.3, 0.4) is 0 Å². The number of hydrogen-bond acceptors (Lipinski definition) is 3. The number of hydrogen-bond donors (Lipinski definition) is 0. The second kappa shape index (κ2) is 5.23. The van der Waals surface area contributed by atoms with Crippen molar-refractivity contribution >= 4 is 29.2 Å². The maximum absolute atomic E-state index is 11.5. The van der Waals surface area contributed by atoms with Crippen LogP contribution < -0.4 is 0 Å². The largest absolute Gasteiger partial charge is 0.433 e. The summed E-state index contributed by atoms with van der Waals surface area (Å²) in [5.41, 5.74) is 1.33. The molecular weight excluding hydrogens is 335 g/mol. The van der Waals surface area contributed by atoms with Gasteiger partial charge in [0.2, 0.25) is 5.79 Å². The van der Waals surface area contributed by atoms with Gasteiger partial charge in [0.05, 0.1) is 12.8 Å². The third kappa shape index (κ3) is 2.44. The molecule has 0 amide bonds. The number of ether oxygens (including phenoxy) is 2. The molecule has 2 heterocycles. The van der Waals surface area contributed by atoms with Crippen LogP contribution in [0.1, 0.15) is 30.4 Å². The molecule has 2 fully saturated rings. The van der Waals surface area contributed by atoms with Crippen LogP contribution in [-0.2, 0) is 19.9 Å². The maximum atomic E-state index is 11.5. The number of carbonyl (C=O) groups excluding carboxylic acids is 1. The van der Waals surface area contributed by atoms with E-state index in [1.807, 2.05) is 48.5 Å². The second-order valence-corrected chi connectivity index (χ2v) is 6.88. The molecule has 0 bridgehead atoms. The van der Waals surface area contributed by atoms with E-state index in [0.29, 0.717) is 29.3 Å². The van der Waals surface area contributed by atoms with Gasteiger partial charge >= 0.3 is 5.97 Å². The predicted molar refractivity (Wildman–Crippen MR) is 87.4 cm³/mol. The second-order valence-electron chi connectivity index (χ2n) is 6.00. The van der Waals surface area contributed by atoms with E-state index in [1.54, 1.807) is 0 Å². The van der Waals surface area contributed by atoms with Crippen LogP contribution in [0.25, 0.3) is 0 Å². The molecule has 0 aromatic heterocycles. The lowest BCUT2D eigenvalue weighted by Crippen LogP contribution is -2.58. The molecule has 23 heavy (non-hydrogen) atoms. The van der Waals surface area contributed by atoms with Crippen LogP contribution in [0.4, 0.5) is 0 Å². The normalized spacial score (nSPS) is 25.2. The first-order valence-electron chi connectivity index (χ1n) is 7.46. The minimum Gasteiger partial charge on any atom is -0.433 e. The summed E-state index contributed by atoms with van der Waals surface area (Å²) in [6.45, 7) is 0. The molecule has 2 aromatic rings. The van der Waals surface area contributed by atoms with Crippen molar-refractivity contribution in [2.45, 2.75) is 30.7 Å². The molecule has 4 rings (SSSR count). The van der Waals surface area contributed by atoms with Crippen molar-refractivity contribution in [2.24, 2.45) is 0 Å². The number of carbonyl (C=O) groups is 1. The van der Waals surface area contributed by atoms with Gasteiger partial charge in [-0.2, -0.15) is 0 Å². The molecule has 0 N–H and O–H groups in total. The Balaban J connectivity index is 1.75. The summed E-state index contributed by atoms with van der Waals surface area (Å²) in [6.07, 6.45) is 1.58. The number of esters is 1. The maximum Gasteiger partial charge on any atom is 0.308 e. The Hall–Kier alpha value is -1.55. The van der Waals surface area contributed by atoms with Gasteiger partial charge < -0.3 is 9.47 Å². The van der Waals surface area contributed by atoms with E-state index < -0.39 is 11.4 Å². The molecule has 2 aliphatic rings. The lowest BCUT2D eigenvalue weighted by molar-refractivity contribution is -0.351. The summed E-state index contributed by atoms with van der Waals surface area (Å²) >= 11 is 12.0. The van der Waals surface area contributed by atoms with E-state index in [1.165, 1.54) is 0 Å². The fourth-order valence-electron chi connectivity index (χ4n) is 3.41. The third-order valence-electron chi connectivity index (χ3n) is 4.51. The topological polar surface area (TPSA) is 35.5 Å². The Bertz CT molecular complexity index is 699. The van der Waals surface area contributed by atoms with Gasteiger partial charge in [-0.25, -0.2) is 0 Å². The minimum absolute atomic E-state index is 0.203. The molecule has 2 aromatic carbocycles. The van der Waals surface area contributed by atoms with E-state index in [-0.39, 0.29) is 5.97 Å². The predicted octanol–water partition coefficient (Wildman–Crippen LogP) is 4.69. The fraction of sp³-hybridized carbons (Fsp3) is 0.278. The summed E-state index contributed by atoms with van der Waals surface area (Å²) in [7, 11) is 0. The fourth-order valence-corrected chi connectivity index (χ4v) is 3.67. The van der Waals surface area contributed by atoms with Gasteiger partial charge in [0.25, 0.3) is 0 Å². The smallest absolute Gasteiger partial charge is 0.308 e. The Kier molecular flexibility index (Phi) is 3.41. The Morgan fingerprint density at radius 3 is 1.74 bits per heavy atom. The van der Waals surface area contributed by atoms with Crippen molar-refractivity contribution in [1.82, 2.24) is 0 Å². The van der Waals surface area contributed by atoms with Crippen molar-refractivity contribution in [2.75, 3.05) is 0 Å². The average Bonchev–Trinajstić information content (AvgIpc) is 2.89. The molecule has 0 saturated carbocycles. The van der Waals surface area contributed by atoms with Gasteiger partial charge in [-0.15, -0.1) is 0 Å². The number of halogens is 2. The van der Waals surface area contributed by atoms with Gasteiger partial charge in [-0.1, -0.05) is 47.5 Å². The van der Waals surface area contributed by atoms with E-state index in [4.69, 9.17) is 32.7 Å². The van der Waals surface area contributed by atoms with Crippen LogP contribution in [0.2, 0.25) is 10.0 Å².